The summed E-state index contributed by atoms with van der Waals surface area (Å²) < 4.78 is 19.2. The van der Waals surface area contributed by atoms with Crippen molar-refractivity contribution in [2.45, 2.75) is 51.5 Å². The van der Waals surface area contributed by atoms with Crippen LogP contribution in [0, 0.1) is 11.7 Å². The monoisotopic (exact) mass is 321 g/mol. The van der Waals surface area contributed by atoms with Gasteiger partial charge in [-0.15, -0.1) is 0 Å². The predicted octanol–water partition coefficient (Wildman–Crippen LogP) is 4.15. The van der Waals surface area contributed by atoms with E-state index < -0.39 is 23.9 Å². The Morgan fingerprint density at radius 3 is 2.78 bits per heavy atom. The highest BCUT2D eigenvalue weighted by molar-refractivity contribution is 5.82. The molecule has 1 N–H and O–H groups in total. The zero-order valence-electron chi connectivity index (χ0n) is 13.5. The molecule has 0 bridgehead atoms. The van der Waals surface area contributed by atoms with Gasteiger partial charge in [0, 0.05) is 17.9 Å². The van der Waals surface area contributed by atoms with E-state index in [0.717, 1.165) is 25.7 Å². The Bertz CT molecular complexity index is 547. The number of nitrogens with one attached hydrogen (secondary N) is 1. The number of hydrogen-bond donors (Lipinski definition) is 1. The zero-order chi connectivity index (χ0) is 16.7. The maximum atomic E-state index is 14.2. The van der Waals surface area contributed by atoms with Crippen molar-refractivity contribution >= 4 is 11.9 Å². The first kappa shape index (κ1) is 17.4. The molecule has 2 rings (SSSR count). The number of amides is 1. The van der Waals surface area contributed by atoms with Crippen LogP contribution in [0.25, 0.3) is 0 Å². The van der Waals surface area contributed by atoms with Crippen LogP contribution in [0.4, 0.5) is 9.18 Å². The van der Waals surface area contributed by atoms with E-state index >= 15 is 0 Å². The van der Waals surface area contributed by atoms with Gasteiger partial charge in [0.05, 0.1) is 12.6 Å². The van der Waals surface area contributed by atoms with Crippen LogP contribution in [0.3, 0.4) is 0 Å². The van der Waals surface area contributed by atoms with E-state index in [1.165, 1.54) is 6.07 Å². The molecule has 5 heteroatoms. The van der Waals surface area contributed by atoms with E-state index in [-0.39, 0.29) is 12.4 Å². The molecule has 0 radical (unpaired) electrons. The van der Waals surface area contributed by atoms with Gasteiger partial charge in [0.15, 0.2) is 0 Å². The smallest absolute Gasteiger partial charge is 0.407 e. The predicted molar refractivity (Wildman–Crippen MR) is 85.5 cm³/mol. The molecule has 2 atom stereocenters. The van der Waals surface area contributed by atoms with Gasteiger partial charge in [0.2, 0.25) is 0 Å². The fourth-order valence-corrected chi connectivity index (χ4v) is 3.14. The van der Waals surface area contributed by atoms with Gasteiger partial charge in [-0.2, -0.15) is 0 Å². The minimum Gasteiger partial charge on any atom is -0.450 e. The highest BCUT2D eigenvalue weighted by Crippen LogP contribution is 2.32. The standard InChI is InChI=1S/C18H24FNO3/c1-2-23-18(22)20-17(13-9-7-8-11-15(13)19)14-10-5-3-4-6-12-16(14)21/h7-9,11,14,17H,2-6,10,12H2,1H3,(H,20,22)/t14-,17-/m0/s1. The molecule has 0 aliphatic heterocycles. The molecular weight excluding hydrogens is 297 g/mol. The van der Waals surface area contributed by atoms with Crippen molar-refractivity contribution in [2.75, 3.05) is 6.61 Å². The Morgan fingerprint density at radius 2 is 2.04 bits per heavy atom. The number of ketones is 1. The summed E-state index contributed by atoms with van der Waals surface area (Å²) in [5, 5.41) is 2.70. The van der Waals surface area contributed by atoms with Crippen molar-refractivity contribution in [3.8, 4) is 0 Å². The van der Waals surface area contributed by atoms with Crippen LogP contribution in [-0.2, 0) is 9.53 Å². The molecule has 1 aliphatic rings. The lowest BCUT2D eigenvalue weighted by Gasteiger charge is -2.28. The summed E-state index contributed by atoms with van der Waals surface area (Å²) in [7, 11) is 0. The lowest BCUT2D eigenvalue weighted by atomic mass is 9.82. The number of halogens is 1. The first-order valence-corrected chi connectivity index (χ1v) is 8.34. The number of rotatable bonds is 4. The molecule has 0 aromatic heterocycles. The Labute approximate surface area is 136 Å². The van der Waals surface area contributed by atoms with Crippen LogP contribution >= 0.6 is 0 Å². The van der Waals surface area contributed by atoms with Gasteiger partial charge >= 0.3 is 6.09 Å². The van der Waals surface area contributed by atoms with Crippen molar-refractivity contribution in [3.05, 3.63) is 35.6 Å². The zero-order valence-corrected chi connectivity index (χ0v) is 13.5. The highest BCUT2D eigenvalue weighted by Gasteiger charge is 2.32. The molecule has 4 nitrogen and oxygen atoms in total. The minimum absolute atomic E-state index is 0.0924. The van der Waals surface area contributed by atoms with Crippen LogP contribution in [0.15, 0.2) is 24.3 Å². The summed E-state index contributed by atoms with van der Waals surface area (Å²) in [4.78, 5) is 24.4. The third-order valence-electron chi connectivity index (χ3n) is 4.29. The maximum Gasteiger partial charge on any atom is 0.407 e. The van der Waals surface area contributed by atoms with Gasteiger partial charge in [0.25, 0.3) is 0 Å². The Hall–Kier alpha value is -1.91. The molecule has 1 aromatic rings. The van der Waals surface area contributed by atoms with E-state index in [1.54, 1.807) is 25.1 Å². The number of Topliss-reactive ketones (excluding diaryl/α,β-unsaturated/α-hetero) is 1. The van der Waals surface area contributed by atoms with Gasteiger partial charge in [-0.1, -0.05) is 37.5 Å². The molecule has 0 saturated heterocycles. The molecule has 1 amide bonds. The molecule has 126 valence electrons. The van der Waals surface area contributed by atoms with Crippen molar-refractivity contribution in [1.29, 1.82) is 0 Å². The van der Waals surface area contributed by atoms with Crippen molar-refractivity contribution in [1.82, 2.24) is 5.32 Å². The third kappa shape index (κ3) is 4.78. The summed E-state index contributed by atoms with van der Waals surface area (Å²) in [5.74, 6) is -0.726. The lowest BCUT2D eigenvalue weighted by Crippen LogP contribution is -2.38. The quantitative estimate of drug-likeness (QED) is 0.906. The lowest BCUT2D eigenvalue weighted by molar-refractivity contribution is -0.124. The molecule has 0 heterocycles. The molecule has 0 spiro atoms. The van der Waals surface area contributed by atoms with Crippen LogP contribution < -0.4 is 5.32 Å². The fourth-order valence-electron chi connectivity index (χ4n) is 3.14. The van der Waals surface area contributed by atoms with Crippen molar-refractivity contribution < 1.29 is 18.7 Å². The summed E-state index contributed by atoms with van der Waals surface area (Å²) in [6, 6.07) is 5.60. The van der Waals surface area contributed by atoms with Crippen LogP contribution in [0.5, 0.6) is 0 Å². The molecule has 23 heavy (non-hydrogen) atoms. The largest absolute Gasteiger partial charge is 0.450 e. The molecule has 1 saturated carbocycles. The second kappa shape index (κ2) is 8.65. The normalized spacial score (nSPS) is 20.3. The van der Waals surface area contributed by atoms with Gasteiger partial charge in [0.1, 0.15) is 11.6 Å². The first-order valence-electron chi connectivity index (χ1n) is 8.34. The summed E-state index contributed by atoms with van der Waals surface area (Å²) in [5.41, 5.74) is 0.347. The number of carbonyl (C=O) groups excluding carboxylic acids is 2. The fraction of sp³-hybridized carbons (Fsp3) is 0.556. The Balaban J connectivity index is 2.29. The van der Waals surface area contributed by atoms with Crippen LogP contribution in [0.1, 0.15) is 57.1 Å². The van der Waals surface area contributed by atoms with E-state index in [9.17, 15) is 14.0 Å². The highest BCUT2D eigenvalue weighted by atomic mass is 19.1. The van der Waals surface area contributed by atoms with Gasteiger partial charge < -0.3 is 10.1 Å². The number of benzene rings is 1. The number of carbonyl (C=O) groups is 2. The number of alkyl carbamates (subject to hydrolysis) is 1. The van der Waals surface area contributed by atoms with E-state index in [2.05, 4.69) is 5.32 Å². The molecule has 1 aliphatic carbocycles. The molecule has 0 unspecified atom stereocenters. The molecule has 1 aromatic carbocycles. The molecular formula is C18H24FNO3. The summed E-state index contributed by atoms with van der Waals surface area (Å²) in [6.07, 6.45) is 4.41. The summed E-state index contributed by atoms with van der Waals surface area (Å²) in [6.45, 7) is 1.94. The van der Waals surface area contributed by atoms with E-state index in [4.69, 9.17) is 4.74 Å². The average Bonchev–Trinajstić information content (AvgIpc) is 2.51. The SMILES string of the molecule is CCOC(=O)N[C@@H](c1ccccc1F)[C@H]1CCCCCCC1=O. The molecule has 1 fully saturated rings. The van der Waals surface area contributed by atoms with Crippen LogP contribution in [-0.4, -0.2) is 18.5 Å². The van der Waals surface area contributed by atoms with Gasteiger partial charge in [-0.3, -0.25) is 4.79 Å². The third-order valence-corrected chi connectivity index (χ3v) is 4.29. The van der Waals surface area contributed by atoms with E-state index in [1.807, 2.05) is 0 Å². The van der Waals surface area contributed by atoms with Crippen molar-refractivity contribution in [2.24, 2.45) is 5.92 Å². The maximum absolute atomic E-state index is 14.2. The Kier molecular flexibility index (Phi) is 6.56. The van der Waals surface area contributed by atoms with E-state index in [0.29, 0.717) is 18.4 Å². The summed E-state index contributed by atoms with van der Waals surface area (Å²) >= 11 is 0. The van der Waals surface area contributed by atoms with Crippen molar-refractivity contribution in [3.63, 3.8) is 0 Å². The number of ether oxygens (including phenoxy) is 1. The number of hydrogen-bond acceptors (Lipinski definition) is 3. The minimum atomic E-state index is -0.680. The second-order valence-corrected chi connectivity index (χ2v) is 5.89. The Morgan fingerprint density at radius 1 is 1.30 bits per heavy atom. The van der Waals surface area contributed by atoms with Gasteiger partial charge in [-0.05, 0) is 25.8 Å². The van der Waals surface area contributed by atoms with Crippen LogP contribution in [0.2, 0.25) is 0 Å². The topological polar surface area (TPSA) is 55.4 Å². The van der Waals surface area contributed by atoms with Gasteiger partial charge in [-0.25, -0.2) is 9.18 Å². The average molecular weight is 321 g/mol. The second-order valence-electron chi connectivity index (χ2n) is 5.89. The first-order chi connectivity index (χ1) is 11.1.